The molecule has 1 saturated heterocycles. The Morgan fingerprint density at radius 3 is 2.38 bits per heavy atom. The van der Waals surface area contributed by atoms with E-state index in [0.29, 0.717) is 13.0 Å². The van der Waals surface area contributed by atoms with Gasteiger partial charge in [0.25, 0.3) is 0 Å². The summed E-state index contributed by atoms with van der Waals surface area (Å²) in [6, 6.07) is 0. The Hall–Kier alpha value is -0.570. The summed E-state index contributed by atoms with van der Waals surface area (Å²) in [6.45, 7) is 7.05. The lowest BCUT2D eigenvalue weighted by molar-refractivity contribution is -0.148. The lowest BCUT2D eigenvalue weighted by Gasteiger charge is -2.49. The number of nitrogens with zero attached hydrogens (tertiary/aromatic N) is 1. The predicted molar refractivity (Wildman–Crippen MR) is 86.3 cm³/mol. The van der Waals surface area contributed by atoms with Gasteiger partial charge in [-0.3, -0.25) is 9.69 Å². The molecule has 0 N–H and O–H groups in total. The lowest BCUT2D eigenvalue weighted by atomic mass is 9.72. The van der Waals surface area contributed by atoms with Gasteiger partial charge < -0.3 is 4.74 Å². The Morgan fingerprint density at radius 1 is 1.14 bits per heavy atom. The zero-order valence-corrected chi connectivity index (χ0v) is 14.0. The zero-order valence-electron chi connectivity index (χ0n) is 14.0. The predicted octanol–water partition coefficient (Wildman–Crippen LogP) is 4.15. The Morgan fingerprint density at radius 2 is 1.81 bits per heavy atom. The molecule has 122 valence electrons. The Balaban J connectivity index is 2.02. The van der Waals surface area contributed by atoms with Crippen molar-refractivity contribution in [2.24, 2.45) is 5.92 Å². The normalized spacial score (nSPS) is 31.0. The third kappa shape index (κ3) is 4.45. The van der Waals surface area contributed by atoms with Crippen LogP contribution in [-0.4, -0.2) is 36.1 Å². The van der Waals surface area contributed by atoms with Crippen LogP contribution < -0.4 is 0 Å². The number of hydrogen-bond acceptors (Lipinski definition) is 3. The second kappa shape index (κ2) is 8.17. The van der Waals surface area contributed by atoms with Crippen molar-refractivity contribution in [1.82, 2.24) is 4.90 Å². The van der Waals surface area contributed by atoms with E-state index in [1.807, 2.05) is 6.92 Å². The standard InChI is InChI=1S/C18H33NO2/c1-3-8-16-9-11-18(12-10-16,15-17(20)21-4-2)19-13-6-5-7-14-19/h16H,3-15H2,1-2H3. The second-order valence-electron chi connectivity index (χ2n) is 6.99. The number of piperidine rings is 1. The van der Waals surface area contributed by atoms with E-state index in [1.54, 1.807) is 0 Å². The third-order valence-corrected chi connectivity index (χ3v) is 5.54. The molecule has 3 nitrogen and oxygen atoms in total. The lowest BCUT2D eigenvalue weighted by Crippen LogP contribution is -2.54. The first-order chi connectivity index (χ1) is 10.2. The van der Waals surface area contributed by atoms with Gasteiger partial charge in [-0.05, 0) is 64.5 Å². The number of hydrogen-bond donors (Lipinski definition) is 0. The number of esters is 1. The molecule has 0 aromatic heterocycles. The molecule has 0 bridgehead atoms. The largest absolute Gasteiger partial charge is 0.466 e. The van der Waals surface area contributed by atoms with Gasteiger partial charge in [0.1, 0.15) is 0 Å². The van der Waals surface area contributed by atoms with Crippen LogP contribution >= 0.6 is 0 Å². The second-order valence-corrected chi connectivity index (χ2v) is 6.99. The van der Waals surface area contributed by atoms with E-state index < -0.39 is 0 Å². The molecule has 21 heavy (non-hydrogen) atoms. The van der Waals surface area contributed by atoms with Gasteiger partial charge in [0, 0.05) is 5.54 Å². The van der Waals surface area contributed by atoms with Crippen molar-refractivity contribution in [3.63, 3.8) is 0 Å². The molecule has 1 aliphatic heterocycles. The highest BCUT2D eigenvalue weighted by Gasteiger charge is 2.42. The van der Waals surface area contributed by atoms with Crippen molar-refractivity contribution in [3.8, 4) is 0 Å². The number of rotatable bonds is 6. The fraction of sp³-hybridized carbons (Fsp3) is 0.944. The molecular formula is C18H33NO2. The summed E-state index contributed by atoms with van der Waals surface area (Å²) in [5.41, 5.74) is 0.108. The first-order valence-corrected chi connectivity index (χ1v) is 9.11. The van der Waals surface area contributed by atoms with Gasteiger partial charge in [0.15, 0.2) is 0 Å². The molecule has 0 unspecified atom stereocenters. The summed E-state index contributed by atoms with van der Waals surface area (Å²) >= 11 is 0. The molecular weight excluding hydrogens is 262 g/mol. The molecule has 0 amide bonds. The monoisotopic (exact) mass is 295 g/mol. The molecule has 2 rings (SSSR count). The maximum absolute atomic E-state index is 12.1. The van der Waals surface area contributed by atoms with Crippen LogP contribution in [0.25, 0.3) is 0 Å². The van der Waals surface area contributed by atoms with Crippen molar-refractivity contribution in [2.75, 3.05) is 19.7 Å². The molecule has 1 saturated carbocycles. The molecule has 0 aromatic rings. The quantitative estimate of drug-likeness (QED) is 0.689. The van der Waals surface area contributed by atoms with Crippen LogP contribution in [0.4, 0.5) is 0 Å². The van der Waals surface area contributed by atoms with E-state index in [-0.39, 0.29) is 11.5 Å². The summed E-state index contributed by atoms with van der Waals surface area (Å²) in [6.07, 6.45) is 12.2. The Kier molecular flexibility index (Phi) is 6.53. The molecule has 0 spiro atoms. The zero-order chi connectivity index (χ0) is 15.1. The number of likely N-dealkylation sites (tertiary alicyclic amines) is 1. The van der Waals surface area contributed by atoms with Crippen LogP contribution in [0.5, 0.6) is 0 Å². The van der Waals surface area contributed by atoms with Crippen LogP contribution in [0.3, 0.4) is 0 Å². The van der Waals surface area contributed by atoms with Gasteiger partial charge >= 0.3 is 5.97 Å². The molecule has 1 aliphatic carbocycles. The van der Waals surface area contributed by atoms with E-state index in [9.17, 15) is 4.79 Å². The van der Waals surface area contributed by atoms with Crippen LogP contribution in [0, 0.1) is 5.92 Å². The molecule has 0 aromatic carbocycles. The Bertz CT molecular complexity index is 315. The Labute approximate surface area is 130 Å². The molecule has 2 aliphatic rings. The first-order valence-electron chi connectivity index (χ1n) is 9.11. The van der Waals surface area contributed by atoms with Crippen LogP contribution in [-0.2, 0) is 9.53 Å². The highest BCUT2D eigenvalue weighted by molar-refractivity contribution is 5.71. The first kappa shape index (κ1) is 16.8. The summed E-state index contributed by atoms with van der Waals surface area (Å²) in [7, 11) is 0. The van der Waals surface area contributed by atoms with Crippen molar-refractivity contribution in [3.05, 3.63) is 0 Å². The SMILES string of the molecule is CCCC1CCC(CC(=O)OCC)(N2CCCCC2)CC1. The fourth-order valence-corrected chi connectivity index (χ4v) is 4.37. The summed E-state index contributed by atoms with van der Waals surface area (Å²) < 4.78 is 5.27. The van der Waals surface area contributed by atoms with Gasteiger partial charge in [-0.2, -0.15) is 0 Å². The number of carbonyl (C=O) groups excluding carboxylic acids is 1. The average molecular weight is 295 g/mol. The third-order valence-electron chi connectivity index (χ3n) is 5.54. The minimum absolute atomic E-state index is 0.0111. The van der Waals surface area contributed by atoms with Crippen molar-refractivity contribution in [2.45, 2.75) is 83.6 Å². The number of carbonyl (C=O) groups is 1. The van der Waals surface area contributed by atoms with Crippen LogP contribution in [0.1, 0.15) is 78.1 Å². The van der Waals surface area contributed by atoms with E-state index in [0.717, 1.165) is 5.92 Å². The molecule has 3 heteroatoms. The highest BCUT2D eigenvalue weighted by atomic mass is 16.5. The molecule has 0 atom stereocenters. The molecule has 0 radical (unpaired) electrons. The highest BCUT2D eigenvalue weighted by Crippen LogP contribution is 2.41. The van der Waals surface area contributed by atoms with Crippen molar-refractivity contribution in [1.29, 1.82) is 0 Å². The minimum atomic E-state index is 0.0111. The smallest absolute Gasteiger partial charge is 0.307 e. The van der Waals surface area contributed by atoms with Gasteiger partial charge in [-0.15, -0.1) is 0 Å². The van der Waals surface area contributed by atoms with Gasteiger partial charge in [0.2, 0.25) is 0 Å². The molecule has 1 heterocycles. The summed E-state index contributed by atoms with van der Waals surface area (Å²) in [5, 5.41) is 0. The van der Waals surface area contributed by atoms with Crippen LogP contribution in [0.2, 0.25) is 0 Å². The minimum Gasteiger partial charge on any atom is -0.466 e. The maximum Gasteiger partial charge on any atom is 0.307 e. The number of ether oxygens (including phenoxy) is 1. The van der Waals surface area contributed by atoms with Crippen molar-refractivity contribution < 1.29 is 9.53 Å². The van der Waals surface area contributed by atoms with E-state index in [4.69, 9.17) is 4.74 Å². The fourth-order valence-electron chi connectivity index (χ4n) is 4.37. The van der Waals surface area contributed by atoms with Crippen molar-refractivity contribution >= 4 is 5.97 Å². The van der Waals surface area contributed by atoms with E-state index in [2.05, 4.69) is 11.8 Å². The van der Waals surface area contributed by atoms with Crippen LogP contribution in [0.15, 0.2) is 0 Å². The molecule has 2 fully saturated rings. The van der Waals surface area contributed by atoms with Gasteiger partial charge in [-0.25, -0.2) is 0 Å². The van der Waals surface area contributed by atoms with Gasteiger partial charge in [-0.1, -0.05) is 26.2 Å². The summed E-state index contributed by atoms with van der Waals surface area (Å²) in [5.74, 6) is 0.895. The van der Waals surface area contributed by atoms with Gasteiger partial charge in [0.05, 0.1) is 13.0 Å². The topological polar surface area (TPSA) is 29.5 Å². The van der Waals surface area contributed by atoms with E-state index >= 15 is 0 Å². The summed E-state index contributed by atoms with van der Waals surface area (Å²) in [4.78, 5) is 14.8. The maximum atomic E-state index is 12.1. The average Bonchev–Trinajstić information content (AvgIpc) is 2.51. The van der Waals surface area contributed by atoms with E-state index in [1.165, 1.54) is 70.9 Å².